The van der Waals surface area contributed by atoms with Crippen LogP contribution in [0.15, 0.2) is 81.6 Å². The summed E-state index contributed by atoms with van der Waals surface area (Å²) in [6, 6.07) is 16.9. The molecule has 0 radical (unpaired) electrons. The molecular weight excluding hydrogens is 578 g/mol. The molecule has 0 aliphatic heterocycles. The molecule has 202 valence electrons. The van der Waals surface area contributed by atoms with E-state index in [-0.39, 0.29) is 11.5 Å². The van der Waals surface area contributed by atoms with Crippen LogP contribution in [0.2, 0.25) is 5.02 Å². The van der Waals surface area contributed by atoms with Crippen LogP contribution < -0.4 is 15.0 Å². The van der Waals surface area contributed by atoms with Crippen molar-refractivity contribution in [1.29, 1.82) is 0 Å². The van der Waals surface area contributed by atoms with Gasteiger partial charge in [-0.1, -0.05) is 65.7 Å². The van der Waals surface area contributed by atoms with Crippen molar-refractivity contribution in [3.63, 3.8) is 0 Å². The summed E-state index contributed by atoms with van der Waals surface area (Å²) in [6.45, 7) is 10.7. The van der Waals surface area contributed by atoms with Crippen LogP contribution in [-0.2, 0) is 13.0 Å². The van der Waals surface area contributed by atoms with Crippen molar-refractivity contribution in [2.75, 3.05) is 6.61 Å². The predicted octanol–water partition coefficient (Wildman–Crippen LogP) is 7.91. The molecular formula is C31H31BrClN3O3. The van der Waals surface area contributed by atoms with E-state index in [1.807, 2.05) is 68.5 Å². The van der Waals surface area contributed by atoms with E-state index in [9.17, 15) is 4.79 Å². The van der Waals surface area contributed by atoms with Crippen molar-refractivity contribution < 1.29 is 9.47 Å². The maximum Gasteiger partial charge on any atom is 0.282 e. The van der Waals surface area contributed by atoms with Crippen molar-refractivity contribution in [1.82, 2.24) is 9.66 Å². The average Bonchev–Trinajstić information content (AvgIpc) is 2.93. The monoisotopic (exact) mass is 607 g/mol. The largest absolute Gasteiger partial charge is 0.490 e. The number of hydrogen-bond donors (Lipinski definition) is 0. The number of rotatable bonds is 11. The first-order valence-corrected chi connectivity index (χ1v) is 14.1. The van der Waals surface area contributed by atoms with Crippen molar-refractivity contribution in [2.24, 2.45) is 5.10 Å². The molecule has 0 unspecified atom stereocenters. The fourth-order valence-electron chi connectivity index (χ4n) is 4.16. The van der Waals surface area contributed by atoms with Crippen LogP contribution in [0.1, 0.15) is 55.6 Å². The summed E-state index contributed by atoms with van der Waals surface area (Å²) < 4.78 is 14.4. The van der Waals surface area contributed by atoms with Crippen LogP contribution in [0.4, 0.5) is 0 Å². The zero-order chi connectivity index (χ0) is 27.9. The highest BCUT2D eigenvalue weighted by atomic mass is 79.9. The third-order valence-corrected chi connectivity index (χ3v) is 7.22. The van der Waals surface area contributed by atoms with Gasteiger partial charge >= 0.3 is 0 Å². The Morgan fingerprint density at radius 3 is 2.64 bits per heavy atom. The van der Waals surface area contributed by atoms with E-state index >= 15 is 0 Å². The van der Waals surface area contributed by atoms with Gasteiger partial charge in [-0.25, -0.2) is 4.98 Å². The molecule has 0 bridgehead atoms. The fourth-order valence-corrected chi connectivity index (χ4v) is 4.71. The third kappa shape index (κ3) is 6.60. The topological polar surface area (TPSA) is 65.7 Å². The molecule has 1 atom stereocenters. The summed E-state index contributed by atoms with van der Waals surface area (Å²) in [6.07, 6.45) is 4.85. The van der Waals surface area contributed by atoms with Crippen LogP contribution in [-0.4, -0.2) is 22.5 Å². The minimum absolute atomic E-state index is 0.0406. The molecule has 0 fully saturated rings. The van der Waals surface area contributed by atoms with Crippen molar-refractivity contribution in [3.05, 3.63) is 110 Å². The number of ether oxygens (including phenoxy) is 2. The molecule has 39 heavy (non-hydrogen) atoms. The number of halogens is 2. The maximum absolute atomic E-state index is 13.5. The highest BCUT2D eigenvalue weighted by molar-refractivity contribution is 9.10. The molecule has 0 saturated heterocycles. The van der Waals surface area contributed by atoms with Crippen LogP contribution in [0.3, 0.4) is 0 Å². The zero-order valence-electron chi connectivity index (χ0n) is 22.3. The number of hydrogen-bond acceptors (Lipinski definition) is 5. The first kappa shape index (κ1) is 28.6. The Morgan fingerprint density at radius 1 is 1.13 bits per heavy atom. The first-order valence-electron chi connectivity index (χ1n) is 12.9. The number of allylic oxidation sites excluding steroid dienone is 1. The number of fused-ring (bicyclic) bond motifs is 1. The van der Waals surface area contributed by atoms with Gasteiger partial charge in [0.1, 0.15) is 12.4 Å². The lowest BCUT2D eigenvalue weighted by molar-refractivity contribution is 0.267. The van der Waals surface area contributed by atoms with Crippen LogP contribution in [0.25, 0.3) is 10.9 Å². The lowest BCUT2D eigenvalue weighted by atomic mass is 10.1. The maximum atomic E-state index is 13.5. The second-order valence-corrected chi connectivity index (χ2v) is 10.4. The van der Waals surface area contributed by atoms with Gasteiger partial charge in [0.15, 0.2) is 11.5 Å². The standard InChI is InChI=1S/C31H31BrClN3O3/c1-5-10-22-15-21(16-28(38-7-3)29(22)39-19-23-11-8-9-12-26(23)33)18-34-36-30(20(4)6-2)35-27-14-13-24(32)17-25(27)31(36)37/h5,8-9,11-18,20H,1,6-7,10,19H2,2-4H3/t20-/m1/s1. The molecule has 6 nitrogen and oxygen atoms in total. The molecule has 1 aromatic heterocycles. The lowest BCUT2D eigenvalue weighted by Crippen LogP contribution is -2.23. The van der Waals surface area contributed by atoms with Crippen molar-refractivity contribution in [3.8, 4) is 11.5 Å². The molecule has 0 aliphatic carbocycles. The Labute approximate surface area is 242 Å². The van der Waals surface area contributed by atoms with Gasteiger partial charge in [0.05, 0.1) is 23.7 Å². The Balaban J connectivity index is 1.78. The molecule has 4 rings (SSSR count). The van der Waals surface area contributed by atoms with Crippen molar-refractivity contribution in [2.45, 2.75) is 46.1 Å². The van der Waals surface area contributed by atoms with E-state index in [1.54, 1.807) is 12.3 Å². The summed E-state index contributed by atoms with van der Waals surface area (Å²) in [7, 11) is 0. The van der Waals surface area contributed by atoms with Crippen LogP contribution in [0.5, 0.6) is 11.5 Å². The van der Waals surface area contributed by atoms with Gasteiger partial charge in [-0.15, -0.1) is 6.58 Å². The average molecular weight is 609 g/mol. The van der Waals surface area contributed by atoms with Gasteiger partial charge in [0.25, 0.3) is 5.56 Å². The summed E-state index contributed by atoms with van der Waals surface area (Å²) in [5.74, 6) is 1.87. The molecule has 0 N–H and O–H groups in total. The molecule has 0 spiro atoms. The SMILES string of the molecule is C=CCc1cc(C=Nn2c([C@H](C)CC)nc3ccc(Br)cc3c2=O)cc(OCC)c1OCc1ccccc1Cl. The number of benzene rings is 3. The highest BCUT2D eigenvalue weighted by Gasteiger charge is 2.17. The quantitative estimate of drug-likeness (QED) is 0.128. The Morgan fingerprint density at radius 2 is 1.92 bits per heavy atom. The third-order valence-electron chi connectivity index (χ3n) is 6.36. The molecule has 0 amide bonds. The second-order valence-electron chi connectivity index (χ2n) is 9.12. The van der Waals surface area contributed by atoms with E-state index in [2.05, 4.69) is 34.5 Å². The minimum Gasteiger partial charge on any atom is -0.490 e. The first-order chi connectivity index (χ1) is 18.9. The van der Waals surface area contributed by atoms with E-state index < -0.39 is 0 Å². The lowest BCUT2D eigenvalue weighted by Gasteiger charge is -2.17. The summed E-state index contributed by atoms with van der Waals surface area (Å²) >= 11 is 9.80. The van der Waals surface area contributed by atoms with Gasteiger partial charge in [-0.05, 0) is 61.7 Å². The zero-order valence-corrected chi connectivity index (χ0v) is 24.6. The van der Waals surface area contributed by atoms with Crippen LogP contribution >= 0.6 is 27.5 Å². The van der Waals surface area contributed by atoms with E-state index in [0.717, 1.165) is 27.6 Å². The predicted molar refractivity (Wildman–Crippen MR) is 163 cm³/mol. The summed E-state index contributed by atoms with van der Waals surface area (Å²) in [5.41, 5.74) is 2.96. The summed E-state index contributed by atoms with van der Waals surface area (Å²) in [4.78, 5) is 18.3. The molecule has 1 heterocycles. The molecule has 4 aromatic rings. The minimum atomic E-state index is -0.219. The normalized spacial score (nSPS) is 12.1. The molecule has 3 aromatic carbocycles. The smallest absolute Gasteiger partial charge is 0.282 e. The Hall–Kier alpha value is -3.42. The van der Waals surface area contributed by atoms with Crippen LogP contribution in [0, 0.1) is 0 Å². The number of aromatic nitrogens is 2. The highest BCUT2D eigenvalue weighted by Crippen LogP contribution is 2.35. The van der Waals surface area contributed by atoms with Crippen molar-refractivity contribution >= 4 is 44.6 Å². The molecule has 8 heteroatoms. The summed E-state index contributed by atoms with van der Waals surface area (Å²) in [5, 5.41) is 5.76. The number of nitrogens with zero attached hydrogens (tertiary/aromatic N) is 3. The second kappa shape index (κ2) is 13.1. The van der Waals surface area contributed by atoms with Gasteiger partial charge in [-0.3, -0.25) is 4.79 Å². The van der Waals surface area contributed by atoms with Gasteiger partial charge in [-0.2, -0.15) is 9.78 Å². The van der Waals surface area contributed by atoms with E-state index in [0.29, 0.717) is 52.9 Å². The van der Waals surface area contributed by atoms with E-state index in [1.165, 1.54) is 4.68 Å². The Bertz CT molecular complexity index is 1580. The molecule has 0 aliphatic rings. The molecule has 0 saturated carbocycles. The fraction of sp³-hybridized carbons (Fsp3) is 0.258. The van der Waals surface area contributed by atoms with Gasteiger partial charge in [0, 0.05) is 26.5 Å². The van der Waals surface area contributed by atoms with Gasteiger partial charge in [0.2, 0.25) is 0 Å². The van der Waals surface area contributed by atoms with E-state index in [4.69, 9.17) is 26.1 Å². The van der Waals surface area contributed by atoms with Gasteiger partial charge < -0.3 is 9.47 Å². The Kier molecular flexibility index (Phi) is 9.59.